The van der Waals surface area contributed by atoms with E-state index in [-0.39, 0.29) is 12.1 Å². The van der Waals surface area contributed by atoms with Crippen molar-refractivity contribution >= 4 is 11.6 Å². The lowest BCUT2D eigenvalue weighted by Gasteiger charge is -2.18. The van der Waals surface area contributed by atoms with Gasteiger partial charge < -0.3 is 4.74 Å². The van der Waals surface area contributed by atoms with Crippen LogP contribution in [0.5, 0.6) is 0 Å². The Balaban J connectivity index is 2.80. The van der Waals surface area contributed by atoms with Gasteiger partial charge in [0.05, 0.1) is 35.2 Å². The summed E-state index contributed by atoms with van der Waals surface area (Å²) < 4.78 is 7.54. The normalized spacial score (nSPS) is 13.2. The predicted molar refractivity (Wildman–Crippen MR) is 78.2 cm³/mol. The van der Waals surface area contributed by atoms with Crippen LogP contribution in [-0.2, 0) is 24.1 Å². The lowest BCUT2D eigenvalue weighted by molar-refractivity contribution is 0.0609. The second kappa shape index (κ2) is 7.85. The van der Waals surface area contributed by atoms with Crippen LogP contribution < -0.4 is 11.3 Å². The molecule has 1 atom stereocenters. The quantitative estimate of drug-likeness (QED) is 0.567. The molecule has 0 amide bonds. The molecule has 1 unspecified atom stereocenters. The third-order valence-corrected chi connectivity index (χ3v) is 3.44. The number of nitrogens with one attached hydrogen (secondary N) is 1. The first-order valence-electron chi connectivity index (χ1n) is 6.85. The van der Waals surface area contributed by atoms with Crippen LogP contribution in [0.3, 0.4) is 0 Å². The summed E-state index contributed by atoms with van der Waals surface area (Å²) >= 11 is 6.38. The highest BCUT2D eigenvalue weighted by Crippen LogP contribution is 2.23. The van der Waals surface area contributed by atoms with Gasteiger partial charge in [-0.2, -0.15) is 5.10 Å². The van der Waals surface area contributed by atoms with Crippen molar-refractivity contribution in [3.8, 4) is 0 Å². The van der Waals surface area contributed by atoms with E-state index in [2.05, 4.69) is 24.4 Å². The molecule has 1 aromatic heterocycles. The van der Waals surface area contributed by atoms with E-state index in [0.29, 0.717) is 13.0 Å². The van der Waals surface area contributed by atoms with Crippen molar-refractivity contribution in [3.63, 3.8) is 0 Å². The van der Waals surface area contributed by atoms with Gasteiger partial charge in [0.2, 0.25) is 0 Å². The van der Waals surface area contributed by atoms with Crippen molar-refractivity contribution in [1.29, 1.82) is 0 Å². The summed E-state index contributed by atoms with van der Waals surface area (Å²) in [5.41, 5.74) is 4.75. The molecule has 0 aliphatic rings. The fraction of sp³-hybridized carbons (Fsp3) is 0.769. The molecule has 0 fully saturated rings. The van der Waals surface area contributed by atoms with Gasteiger partial charge in [0, 0.05) is 13.0 Å². The Morgan fingerprint density at radius 2 is 2.11 bits per heavy atom. The molecule has 0 aliphatic heterocycles. The van der Waals surface area contributed by atoms with Crippen molar-refractivity contribution in [2.24, 2.45) is 5.84 Å². The number of ether oxygens (including phenoxy) is 1. The van der Waals surface area contributed by atoms with Crippen LogP contribution in [0.1, 0.15) is 39.1 Å². The predicted octanol–water partition coefficient (Wildman–Crippen LogP) is 1.92. The number of nitrogens with two attached hydrogens (primary N) is 1. The molecule has 6 heteroatoms. The number of nitrogens with zero attached hydrogens (tertiary/aromatic N) is 2. The molecule has 0 saturated heterocycles. The summed E-state index contributed by atoms with van der Waals surface area (Å²) in [7, 11) is 0. The Morgan fingerprint density at radius 3 is 2.58 bits per heavy atom. The Kier molecular flexibility index (Phi) is 6.79. The Labute approximate surface area is 120 Å². The van der Waals surface area contributed by atoms with Gasteiger partial charge in [0.15, 0.2) is 0 Å². The SMILES string of the molecule is CCc1nn(CC)c(CC(COC(C)C)NN)c1Cl. The molecular formula is C13H25ClN4O. The minimum atomic E-state index is 0.0339. The standard InChI is InChI=1S/C13H25ClN4O/c1-5-11-13(14)12(18(6-2)17-11)7-10(16-15)8-19-9(3)4/h9-10,16H,5-8,15H2,1-4H3. The van der Waals surface area contributed by atoms with Crippen LogP contribution in [-0.4, -0.2) is 28.5 Å². The van der Waals surface area contributed by atoms with E-state index in [1.54, 1.807) is 0 Å². The Hall–Kier alpha value is -0.620. The molecule has 3 N–H and O–H groups in total. The summed E-state index contributed by atoms with van der Waals surface area (Å²) in [6.45, 7) is 9.48. The molecule has 0 radical (unpaired) electrons. The van der Waals surface area contributed by atoms with E-state index in [1.807, 2.05) is 18.5 Å². The van der Waals surface area contributed by atoms with Gasteiger partial charge in [-0.25, -0.2) is 0 Å². The Morgan fingerprint density at radius 1 is 1.42 bits per heavy atom. The van der Waals surface area contributed by atoms with Crippen LogP contribution >= 0.6 is 11.6 Å². The van der Waals surface area contributed by atoms with Crippen LogP contribution in [0.25, 0.3) is 0 Å². The monoisotopic (exact) mass is 288 g/mol. The molecule has 1 heterocycles. The maximum Gasteiger partial charge on any atom is 0.0850 e. The molecule has 0 bridgehead atoms. The minimum Gasteiger partial charge on any atom is -0.377 e. The van der Waals surface area contributed by atoms with Crippen molar-refractivity contribution < 1.29 is 4.74 Å². The molecule has 5 nitrogen and oxygen atoms in total. The van der Waals surface area contributed by atoms with Crippen molar-refractivity contribution in [1.82, 2.24) is 15.2 Å². The molecule has 0 aliphatic carbocycles. The van der Waals surface area contributed by atoms with Crippen molar-refractivity contribution in [2.75, 3.05) is 6.61 Å². The number of hydrazine groups is 1. The number of hydrogen-bond acceptors (Lipinski definition) is 4. The van der Waals surface area contributed by atoms with E-state index in [4.69, 9.17) is 22.2 Å². The average molecular weight is 289 g/mol. The molecule has 0 saturated carbocycles. The molecule has 1 aromatic rings. The van der Waals surface area contributed by atoms with Crippen molar-refractivity contribution in [3.05, 3.63) is 16.4 Å². The molecule has 110 valence electrons. The highest BCUT2D eigenvalue weighted by molar-refractivity contribution is 6.31. The third kappa shape index (κ3) is 4.45. The largest absolute Gasteiger partial charge is 0.377 e. The first-order valence-corrected chi connectivity index (χ1v) is 7.22. The lowest BCUT2D eigenvalue weighted by Crippen LogP contribution is -2.41. The molecule has 0 aromatic carbocycles. The van der Waals surface area contributed by atoms with Gasteiger partial charge in [-0.15, -0.1) is 0 Å². The van der Waals surface area contributed by atoms with Gasteiger partial charge in [-0.3, -0.25) is 16.0 Å². The molecule has 1 rings (SSSR count). The van der Waals surface area contributed by atoms with Crippen molar-refractivity contribution in [2.45, 2.75) is 59.2 Å². The summed E-state index contributed by atoms with van der Waals surface area (Å²) in [6, 6.07) is 0.0339. The third-order valence-electron chi connectivity index (χ3n) is 3.00. The van der Waals surface area contributed by atoms with Gasteiger partial charge in [0.25, 0.3) is 0 Å². The van der Waals surface area contributed by atoms with Crippen LogP contribution in [0, 0.1) is 0 Å². The van der Waals surface area contributed by atoms with Crippen LogP contribution in [0.15, 0.2) is 0 Å². The topological polar surface area (TPSA) is 65.1 Å². The van der Waals surface area contributed by atoms with E-state index < -0.39 is 0 Å². The first kappa shape index (κ1) is 16.4. The number of rotatable bonds is 8. The summed E-state index contributed by atoms with van der Waals surface area (Å²) in [5.74, 6) is 5.58. The lowest BCUT2D eigenvalue weighted by atomic mass is 10.1. The smallest absolute Gasteiger partial charge is 0.0850 e. The zero-order chi connectivity index (χ0) is 14.4. The zero-order valence-corrected chi connectivity index (χ0v) is 13.0. The number of aromatic nitrogens is 2. The van der Waals surface area contributed by atoms with Crippen LogP contribution in [0.4, 0.5) is 0 Å². The van der Waals surface area contributed by atoms with Gasteiger partial charge in [-0.1, -0.05) is 18.5 Å². The Bertz CT molecular complexity index is 392. The van der Waals surface area contributed by atoms with E-state index in [0.717, 1.165) is 29.4 Å². The first-order chi connectivity index (χ1) is 9.03. The molecule has 0 spiro atoms. The number of hydrogen-bond donors (Lipinski definition) is 2. The second-order valence-corrected chi connectivity index (χ2v) is 5.20. The summed E-state index contributed by atoms with van der Waals surface area (Å²) in [6.07, 6.45) is 1.74. The number of aryl methyl sites for hydroxylation is 2. The van der Waals surface area contributed by atoms with E-state index >= 15 is 0 Å². The minimum absolute atomic E-state index is 0.0339. The van der Waals surface area contributed by atoms with E-state index in [1.165, 1.54) is 0 Å². The maximum absolute atomic E-state index is 6.38. The fourth-order valence-corrected chi connectivity index (χ4v) is 2.27. The highest BCUT2D eigenvalue weighted by atomic mass is 35.5. The zero-order valence-electron chi connectivity index (χ0n) is 12.2. The summed E-state index contributed by atoms with van der Waals surface area (Å²) in [4.78, 5) is 0. The number of halogens is 1. The second-order valence-electron chi connectivity index (χ2n) is 4.83. The highest BCUT2D eigenvalue weighted by Gasteiger charge is 2.18. The molecule has 19 heavy (non-hydrogen) atoms. The van der Waals surface area contributed by atoms with E-state index in [9.17, 15) is 0 Å². The van der Waals surface area contributed by atoms with Crippen LogP contribution in [0.2, 0.25) is 5.02 Å². The van der Waals surface area contributed by atoms with Gasteiger partial charge in [0.1, 0.15) is 0 Å². The fourth-order valence-electron chi connectivity index (χ4n) is 1.92. The van der Waals surface area contributed by atoms with Gasteiger partial charge in [-0.05, 0) is 27.2 Å². The van der Waals surface area contributed by atoms with Gasteiger partial charge >= 0.3 is 0 Å². The maximum atomic E-state index is 6.38. The molecular weight excluding hydrogens is 264 g/mol. The summed E-state index contributed by atoms with van der Waals surface area (Å²) in [5, 5.41) is 5.26. The average Bonchev–Trinajstić information content (AvgIpc) is 2.70.